The predicted octanol–water partition coefficient (Wildman–Crippen LogP) is 2.09. The first kappa shape index (κ1) is 12.7. The van der Waals surface area contributed by atoms with Gasteiger partial charge >= 0.3 is 0 Å². The van der Waals surface area contributed by atoms with E-state index in [0.717, 1.165) is 31.7 Å². The van der Waals surface area contributed by atoms with Gasteiger partial charge in [-0.3, -0.25) is 4.79 Å². The molecule has 0 aliphatic carbocycles. The first-order chi connectivity index (χ1) is 8.79. The van der Waals surface area contributed by atoms with Gasteiger partial charge in [0, 0.05) is 13.1 Å². The minimum atomic E-state index is 0.0707. The summed E-state index contributed by atoms with van der Waals surface area (Å²) in [6.45, 7) is 4.44. The average Bonchev–Trinajstić information content (AvgIpc) is 2.92. The van der Waals surface area contributed by atoms with Gasteiger partial charge in [-0.05, 0) is 44.0 Å². The van der Waals surface area contributed by atoms with Crippen LogP contribution in [0.3, 0.4) is 0 Å². The smallest absolute Gasteiger partial charge is 0.260 e. The zero-order chi connectivity index (χ0) is 12.8. The maximum absolute atomic E-state index is 11.8. The van der Waals surface area contributed by atoms with Crippen LogP contribution in [-0.2, 0) is 4.79 Å². The minimum absolute atomic E-state index is 0.0707. The summed E-state index contributed by atoms with van der Waals surface area (Å²) >= 11 is 0. The summed E-state index contributed by atoms with van der Waals surface area (Å²) in [5, 5.41) is 0. The predicted molar refractivity (Wildman–Crippen MR) is 68.9 cm³/mol. The minimum Gasteiger partial charge on any atom is -0.494 e. The molecule has 4 heteroatoms. The third kappa shape index (κ3) is 3.39. The zero-order valence-corrected chi connectivity index (χ0v) is 10.7. The molecule has 1 aliphatic heterocycles. The van der Waals surface area contributed by atoms with Crippen LogP contribution in [-0.4, -0.2) is 37.1 Å². The normalized spacial score (nSPS) is 14.6. The fraction of sp³-hybridized carbons (Fsp3) is 0.500. The van der Waals surface area contributed by atoms with Gasteiger partial charge in [-0.2, -0.15) is 0 Å². The molecule has 1 aromatic rings. The van der Waals surface area contributed by atoms with Crippen molar-refractivity contribution in [3.8, 4) is 11.5 Å². The largest absolute Gasteiger partial charge is 0.494 e. The van der Waals surface area contributed by atoms with Crippen molar-refractivity contribution in [1.29, 1.82) is 0 Å². The van der Waals surface area contributed by atoms with Crippen LogP contribution in [0.1, 0.15) is 19.8 Å². The summed E-state index contributed by atoms with van der Waals surface area (Å²) in [4.78, 5) is 13.6. The van der Waals surface area contributed by atoms with Crippen molar-refractivity contribution in [3.05, 3.63) is 24.3 Å². The molecule has 1 aromatic carbocycles. The molecule has 1 amide bonds. The van der Waals surface area contributed by atoms with Gasteiger partial charge in [-0.25, -0.2) is 0 Å². The van der Waals surface area contributed by atoms with E-state index in [0.29, 0.717) is 12.4 Å². The van der Waals surface area contributed by atoms with E-state index in [1.165, 1.54) is 0 Å². The summed E-state index contributed by atoms with van der Waals surface area (Å²) in [6.07, 6.45) is 2.21. The Morgan fingerprint density at radius 2 is 1.67 bits per heavy atom. The molecule has 2 rings (SSSR count). The summed E-state index contributed by atoms with van der Waals surface area (Å²) < 4.78 is 10.8. The molecule has 0 spiro atoms. The molecule has 0 saturated carbocycles. The Morgan fingerprint density at radius 1 is 1.11 bits per heavy atom. The second kappa shape index (κ2) is 6.28. The summed E-state index contributed by atoms with van der Waals surface area (Å²) in [7, 11) is 0. The molecule has 0 atom stereocenters. The van der Waals surface area contributed by atoms with Gasteiger partial charge in [0.15, 0.2) is 6.61 Å². The molecule has 1 aliphatic rings. The maximum atomic E-state index is 11.8. The summed E-state index contributed by atoms with van der Waals surface area (Å²) in [5.74, 6) is 1.59. The van der Waals surface area contributed by atoms with Gasteiger partial charge in [0.2, 0.25) is 0 Å². The molecule has 0 N–H and O–H groups in total. The first-order valence-electron chi connectivity index (χ1n) is 6.43. The molecule has 4 nitrogen and oxygen atoms in total. The van der Waals surface area contributed by atoms with E-state index in [4.69, 9.17) is 9.47 Å². The molecule has 0 aromatic heterocycles. The van der Waals surface area contributed by atoms with Crippen molar-refractivity contribution in [3.63, 3.8) is 0 Å². The van der Waals surface area contributed by atoms with Crippen molar-refractivity contribution < 1.29 is 14.3 Å². The monoisotopic (exact) mass is 249 g/mol. The lowest BCUT2D eigenvalue weighted by Crippen LogP contribution is -2.32. The Labute approximate surface area is 107 Å². The number of benzene rings is 1. The van der Waals surface area contributed by atoms with Crippen molar-refractivity contribution >= 4 is 5.91 Å². The molecule has 0 bridgehead atoms. The van der Waals surface area contributed by atoms with Crippen LogP contribution in [0.25, 0.3) is 0 Å². The Kier molecular flexibility index (Phi) is 4.45. The van der Waals surface area contributed by atoms with E-state index in [1.807, 2.05) is 36.1 Å². The molecule has 0 unspecified atom stereocenters. The highest BCUT2D eigenvalue weighted by atomic mass is 16.5. The summed E-state index contributed by atoms with van der Waals surface area (Å²) in [5.41, 5.74) is 0. The van der Waals surface area contributed by atoms with Crippen molar-refractivity contribution in [2.75, 3.05) is 26.3 Å². The number of ether oxygens (including phenoxy) is 2. The zero-order valence-electron chi connectivity index (χ0n) is 10.7. The number of hydrogen-bond acceptors (Lipinski definition) is 3. The van der Waals surface area contributed by atoms with Crippen molar-refractivity contribution in [2.45, 2.75) is 19.8 Å². The van der Waals surface area contributed by atoms with Crippen molar-refractivity contribution in [2.24, 2.45) is 0 Å². The van der Waals surface area contributed by atoms with Gasteiger partial charge < -0.3 is 14.4 Å². The molecule has 1 fully saturated rings. The quantitative estimate of drug-likeness (QED) is 0.802. The lowest BCUT2D eigenvalue weighted by atomic mass is 10.3. The third-order valence-corrected chi connectivity index (χ3v) is 2.96. The topological polar surface area (TPSA) is 38.8 Å². The van der Waals surface area contributed by atoms with Crippen LogP contribution < -0.4 is 9.47 Å². The highest BCUT2D eigenvalue weighted by molar-refractivity contribution is 5.78. The number of carbonyl (C=O) groups excluding carboxylic acids is 1. The lowest BCUT2D eigenvalue weighted by molar-refractivity contribution is -0.132. The number of hydrogen-bond donors (Lipinski definition) is 0. The maximum Gasteiger partial charge on any atom is 0.260 e. The Morgan fingerprint density at radius 3 is 2.22 bits per heavy atom. The van der Waals surface area contributed by atoms with Gasteiger partial charge in [0.1, 0.15) is 11.5 Å². The average molecular weight is 249 g/mol. The SMILES string of the molecule is CCOc1ccc(OCC(=O)N2CCCC2)cc1. The van der Waals surface area contributed by atoms with E-state index in [9.17, 15) is 4.79 Å². The van der Waals surface area contributed by atoms with Gasteiger partial charge in [0.05, 0.1) is 6.61 Å². The Hall–Kier alpha value is -1.71. The van der Waals surface area contributed by atoms with E-state index in [-0.39, 0.29) is 12.5 Å². The van der Waals surface area contributed by atoms with Crippen LogP contribution in [0.5, 0.6) is 11.5 Å². The molecular weight excluding hydrogens is 230 g/mol. The number of carbonyl (C=O) groups is 1. The molecule has 1 heterocycles. The van der Waals surface area contributed by atoms with Crippen LogP contribution in [0.15, 0.2) is 24.3 Å². The first-order valence-corrected chi connectivity index (χ1v) is 6.43. The fourth-order valence-corrected chi connectivity index (χ4v) is 2.00. The number of amides is 1. The molecule has 98 valence electrons. The van der Waals surface area contributed by atoms with E-state index < -0.39 is 0 Å². The third-order valence-electron chi connectivity index (χ3n) is 2.96. The van der Waals surface area contributed by atoms with Crippen LogP contribution >= 0.6 is 0 Å². The second-order valence-electron chi connectivity index (χ2n) is 4.28. The number of nitrogens with zero attached hydrogens (tertiary/aromatic N) is 1. The van der Waals surface area contributed by atoms with E-state index in [1.54, 1.807) is 0 Å². The fourth-order valence-electron chi connectivity index (χ4n) is 2.00. The van der Waals surface area contributed by atoms with E-state index >= 15 is 0 Å². The standard InChI is InChI=1S/C14H19NO3/c1-2-17-12-5-7-13(8-6-12)18-11-14(16)15-9-3-4-10-15/h5-8H,2-4,9-11H2,1H3. The molecule has 0 radical (unpaired) electrons. The van der Waals surface area contributed by atoms with Gasteiger partial charge in [0.25, 0.3) is 5.91 Å². The second-order valence-corrected chi connectivity index (χ2v) is 4.28. The van der Waals surface area contributed by atoms with Crippen LogP contribution in [0.2, 0.25) is 0 Å². The Bertz CT molecular complexity index is 383. The summed E-state index contributed by atoms with van der Waals surface area (Å²) in [6, 6.07) is 7.34. The molecular formula is C14H19NO3. The molecule has 18 heavy (non-hydrogen) atoms. The van der Waals surface area contributed by atoms with Gasteiger partial charge in [-0.15, -0.1) is 0 Å². The number of likely N-dealkylation sites (tertiary alicyclic amines) is 1. The highest BCUT2D eigenvalue weighted by Gasteiger charge is 2.17. The van der Waals surface area contributed by atoms with Crippen LogP contribution in [0, 0.1) is 0 Å². The Balaban J connectivity index is 1.80. The van der Waals surface area contributed by atoms with Crippen LogP contribution in [0.4, 0.5) is 0 Å². The van der Waals surface area contributed by atoms with E-state index in [2.05, 4.69) is 0 Å². The van der Waals surface area contributed by atoms with Crippen molar-refractivity contribution in [1.82, 2.24) is 4.90 Å². The number of rotatable bonds is 5. The van der Waals surface area contributed by atoms with Gasteiger partial charge in [-0.1, -0.05) is 0 Å². The highest BCUT2D eigenvalue weighted by Crippen LogP contribution is 2.17. The molecule has 1 saturated heterocycles. The lowest BCUT2D eigenvalue weighted by Gasteiger charge is -2.15.